The van der Waals surface area contributed by atoms with E-state index in [9.17, 15) is 14.7 Å². The van der Waals surface area contributed by atoms with Gasteiger partial charge >= 0.3 is 0 Å². The van der Waals surface area contributed by atoms with Crippen LogP contribution in [0.3, 0.4) is 0 Å². The molecule has 1 aromatic heterocycles. The molecule has 1 N–H and O–H groups in total. The molecule has 1 aliphatic heterocycles. The van der Waals surface area contributed by atoms with E-state index < -0.39 is 17.7 Å². The van der Waals surface area contributed by atoms with Crippen LogP contribution >= 0.6 is 0 Å². The monoisotopic (exact) mass is 480 g/mol. The van der Waals surface area contributed by atoms with Gasteiger partial charge in [-0.3, -0.25) is 14.6 Å². The summed E-state index contributed by atoms with van der Waals surface area (Å²) >= 11 is 0. The minimum absolute atomic E-state index is 0.0434. The number of rotatable bonds is 6. The zero-order valence-electron chi connectivity index (χ0n) is 19.8. The van der Waals surface area contributed by atoms with Crippen LogP contribution in [0.4, 0.5) is 0 Å². The minimum Gasteiger partial charge on any atom is -0.507 e. The number of fused-ring (bicyclic) bond motifs is 1. The molecule has 0 radical (unpaired) electrons. The average molecular weight is 481 g/mol. The van der Waals surface area contributed by atoms with Crippen molar-refractivity contribution in [2.75, 3.05) is 14.2 Å². The van der Waals surface area contributed by atoms with Crippen LogP contribution in [0.1, 0.15) is 22.7 Å². The molecular formula is C29H24N2O5. The highest BCUT2D eigenvalue weighted by Crippen LogP contribution is 2.41. The summed E-state index contributed by atoms with van der Waals surface area (Å²) in [6, 6.07) is 21.0. The average Bonchev–Trinajstić information content (AvgIpc) is 3.17. The second-order valence-electron chi connectivity index (χ2n) is 8.49. The molecule has 3 aromatic carbocycles. The van der Waals surface area contributed by atoms with Crippen LogP contribution < -0.4 is 9.47 Å². The predicted molar refractivity (Wildman–Crippen MR) is 136 cm³/mol. The molecule has 0 saturated carbocycles. The molecule has 2 heterocycles. The topological polar surface area (TPSA) is 89.0 Å². The van der Waals surface area contributed by atoms with Crippen LogP contribution in [0.2, 0.25) is 0 Å². The summed E-state index contributed by atoms with van der Waals surface area (Å²) in [6.45, 7) is 0.170. The lowest BCUT2D eigenvalue weighted by atomic mass is 9.94. The van der Waals surface area contributed by atoms with Crippen LogP contribution in [0.5, 0.6) is 11.5 Å². The van der Waals surface area contributed by atoms with Crippen molar-refractivity contribution in [1.82, 2.24) is 9.88 Å². The number of likely N-dealkylation sites (tertiary alicyclic amines) is 1. The molecule has 5 rings (SSSR count). The number of carbonyl (C=O) groups excluding carboxylic acids is 2. The van der Waals surface area contributed by atoms with Crippen LogP contribution in [-0.2, 0) is 16.1 Å². The standard InChI is InChI=1S/C29H24N2O5/c1-35-23-10-7-19(8-11-23)26-25(28(33)29(34)31(26)17-18-4-3-13-30-16-18)27(32)22-6-5-21-15-24(36-2)12-9-20(21)14-22/h3-16,26,32H,17H2,1-2H3/b27-25+. The number of carbonyl (C=O) groups is 2. The lowest BCUT2D eigenvalue weighted by molar-refractivity contribution is -0.140. The number of pyridine rings is 1. The number of Topliss-reactive ketones (excluding diaryl/α,β-unsaturated/α-hetero) is 1. The maximum atomic E-state index is 13.3. The number of benzene rings is 3. The van der Waals surface area contributed by atoms with Gasteiger partial charge in [0.05, 0.1) is 25.8 Å². The maximum Gasteiger partial charge on any atom is 0.295 e. The van der Waals surface area contributed by atoms with Gasteiger partial charge in [-0.1, -0.05) is 36.4 Å². The van der Waals surface area contributed by atoms with Crippen molar-refractivity contribution in [2.45, 2.75) is 12.6 Å². The number of ketones is 1. The van der Waals surface area contributed by atoms with Gasteiger partial charge in [-0.25, -0.2) is 0 Å². The summed E-state index contributed by atoms with van der Waals surface area (Å²) < 4.78 is 10.6. The van der Waals surface area contributed by atoms with E-state index in [0.717, 1.165) is 22.1 Å². The molecule has 0 spiro atoms. The molecule has 1 saturated heterocycles. The Morgan fingerprint density at radius 1 is 0.917 bits per heavy atom. The first-order valence-electron chi connectivity index (χ1n) is 11.4. The molecule has 4 aromatic rings. The fourth-order valence-corrected chi connectivity index (χ4v) is 4.52. The lowest BCUT2D eigenvalue weighted by Gasteiger charge is -2.25. The normalized spacial score (nSPS) is 16.9. The van der Waals surface area contributed by atoms with Gasteiger partial charge in [0.1, 0.15) is 17.3 Å². The fraction of sp³-hybridized carbons (Fsp3) is 0.138. The molecule has 0 bridgehead atoms. The smallest absolute Gasteiger partial charge is 0.295 e. The lowest BCUT2D eigenvalue weighted by Crippen LogP contribution is -2.29. The SMILES string of the molecule is COc1ccc(C2/C(=C(\O)c3ccc4cc(OC)ccc4c3)C(=O)C(=O)N2Cc2cccnc2)cc1. The van der Waals surface area contributed by atoms with Crippen LogP contribution in [-0.4, -0.2) is 40.9 Å². The van der Waals surface area contributed by atoms with Crippen molar-refractivity contribution in [3.05, 3.63) is 107 Å². The first kappa shape index (κ1) is 23.1. The van der Waals surface area contributed by atoms with E-state index in [0.29, 0.717) is 16.9 Å². The fourth-order valence-electron chi connectivity index (χ4n) is 4.52. The molecule has 1 amide bonds. The number of nitrogens with zero attached hydrogens (tertiary/aromatic N) is 2. The van der Waals surface area contributed by atoms with E-state index >= 15 is 0 Å². The third-order valence-electron chi connectivity index (χ3n) is 6.37. The molecule has 1 fully saturated rings. The number of ether oxygens (including phenoxy) is 2. The third-order valence-corrected chi connectivity index (χ3v) is 6.37. The summed E-state index contributed by atoms with van der Waals surface area (Å²) in [6.07, 6.45) is 3.30. The Bertz CT molecular complexity index is 1480. The van der Waals surface area contributed by atoms with Crippen molar-refractivity contribution in [1.29, 1.82) is 0 Å². The van der Waals surface area contributed by atoms with Gasteiger partial charge in [-0.2, -0.15) is 0 Å². The molecular weight excluding hydrogens is 456 g/mol. The number of aliphatic hydroxyl groups excluding tert-OH is 1. The van der Waals surface area contributed by atoms with Gasteiger partial charge in [0.25, 0.3) is 11.7 Å². The van der Waals surface area contributed by atoms with Gasteiger partial charge in [0.2, 0.25) is 0 Å². The van der Waals surface area contributed by atoms with Crippen LogP contribution in [0, 0.1) is 0 Å². The molecule has 36 heavy (non-hydrogen) atoms. The summed E-state index contributed by atoms with van der Waals surface area (Å²) in [4.78, 5) is 32.1. The van der Waals surface area contributed by atoms with Gasteiger partial charge < -0.3 is 19.5 Å². The highest BCUT2D eigenvalue weighted by atomic mass is 16.5. The molecule has 180 valence electrons. The van der Waals surface area contributed by atoms with Gasteiger partial charge in [0, 0.05) is 24.5 Å². The van der Waals surface area contributed by atoms with Crippen LogP contribution in [0.15, 0.2) is 90.8 Å². The van der Waals surface area contributed by atoms with Crippen molar-refractivity contribution < 1.29 is 24.2 Å². The molecule has 7 heteroatoms. The minimum atomic E-state index is -0.775. The Morgan fingerprint density at radius 3 is 2.31 bits per heavy atom. The largest absolute Gasteiger partial charge is 0.507 e. The van der Waals surface area contributed by atoms with Gasteiger partial charge in [-0.15, -0.1) is 0 Å². The predicted octanol–water partition coefficient (Wildman–Crippen LogP) is 4.87. The van der Waals surface area contributed by atoms with E-state index in [1.165, 1.54) is 4.90 Å². The molecule has 1 unspecified atom stereocenters. The van der Waals surface area contributed by atoms with Crippen LogP contribution in [0.25, 0.3) is 16.5 Å². The maximum absolute atomic E-state index is 13.3. The zero-order valence-corrected chi connectivity index (χ0v) is 19.8. The number of hydrogen-bond acceptors (Lipinski definition) is 6. The number of methoxy groups -OCH3 is 2. The number of aliphatic hydroxyl groups is 1. The Morgan fingerprint density at radius 2 is 1.61 bits per heavy atom. The molecule has 0 aliphatic carbocycles. The second kappa shape index (κ2) is 9.54. The Kier molecular flexibility index (Phi) is 6.12. The molecule has 1 aliphatic rings. The Balaban J connectivity index is 1.64. The second-order valence-corrected chi connectivity index (χ2v) is 8.49. The summed E-state index contributed by atoms with van der Waals surface area (Å²) in [7, 11) is 3.17. The molecule has 1 atom stereocenters. The summed E-state index contributed by atoms with van der Waals surface area (Å²) in [5.74, 6) is -0.257. The van der Waals surface area contributed by atoms with Gasteiger partial charge in [0.15, 0.2) is 0 Å². The summed E-state index contributed by atoms with van der Waals surface area (Å²) in [5.41, 5.74) is 1.95. The summed E-state index contributed by atoms with van der Waals surface area (Å²) in [5, 5.41) is 13.2. The third kappa shape index (κ3) is 4.15. The van der Waals surface area contributed by atoms with Crippen molar-refractivity contribution >= 4 is 28.2 Å². The highest BCUT2D eigenvalue weighted by Gasteiger charge is 2.46. The van der Waals surface area contributed by atoms with E-state index in [4.69, 9.17) is 9.47 Å². The number of amides is 1. The zero-order chi connectivity index (χ0) is 25.2. The van der Waals surface area contributed by atoms with Crippen molar-refractivity contribution in [2.24, 2.45) is 0 Å². The number of aromatic nitrogens is 1. The molecule has 7 nitrogen and oxygen atoms in total. The van der Waals surface area contributed by atoms with Gasteiger partial charge in [-0.05, 0) is 58.3 Å². The van der Waals surface area contributed by atoms with Crippen molar-refractivity contribution in [3.63, 3.8) is 0 Å². The van der Waals surface area contributed by atoms with E-state index in [1.807, 2.05) is 30.3 Å². The van der Waals surface area contributed by atoms with E-state index in [2.05, 4.69) is 4.98 Å². The van der Waals surface area contributed by atoms with E-state index in [1.54, 1.807) is 69.1 Å². The first-order chi connectivity index (χ1) is 17.5. The Labute approximate surface area is 208 Å². The quantitative estimate of drug-likeness (QED) is 0.241. The highest BCUT2D eigenvalue weighted by molar-refractivity contribution is 6.46. The number of hydrogen-bond donors (Lipinski definition) is 1. The first-order valence-corrected chi connectivity index (χ1v) is 11.4. The van der Waals surface area contributed by atoms with E-state index in [-0.39, 0.29) is 17.9 Å². The Hall–Kier alpha value is -4.65. The van der Waals surface area contributed by atoms with Crippen molar-refractivity contribution in [3.8, 4) is 11.5 Å².